The molecule has 0 spiro atoms. The van der Waals surface area contributed by atoms with E-state index in [1.165, 1.54) is 11.1 Å². The van der Waals surface area contributed by atoms with Crippen LogP contribution >= 0.6 is 12.4 Å². The Bertz CT molecular complexity index is 763. The fraction of sp³-hybridized carbons (Fsp3) is 0.381. The van der Waals surface area contributed by atoms with E-state index < -0.39 is 6.10 Å². The van der Waals surface area contributed by atoms with Gasteiger partial charge in [0.15, 0.2) is 6.10 Å². The molecule has 0 heterocycles. The molecular weight excluding hydrogens is 348 g/mol. The lowest BCUT2D eigenvalue weighted by molar-refractivity contribution is -0.129. The van der Waals surface area contributed by atoms with Crippen molar-refractivity contribution in [2.75, 3.05) is 5.73 Å². The number of hydrogen-bond acceptors (Lipinski definition) is 3. The van der Waals surface area contributed by atoms with Gasteiger partial charge in [-0.05, 0) is 73.6 Å². The standard InChI is InChI=1S/C21H26N2O2.ClH/c1-3-20(25-17-8-4-6-14(2)12-17)21(24)23-19-9-5-7-15-13-16(22)10-11-18(15)19;/h4,6,8,10-13,19-20H,3,5,7,9,22H2,1-2H3,(H,23,24);1H. The Morgan fingerprint density at radius 3 is 2.85 bits per heavy atom. The van der Waals surface area contributed by atoms with Crippen LogP contribution in [0.3, 0.4) is 0 Å². The van der Waals surface area contributed by atoms with Gasteiger partial charge in [0.05, 0.1) is 6.04 Å². The van der Waals surface area contributed by atoms with Crippen molar-refractivity contribution in [1.82, 2.24) is 5.32 Å². The highest BCUT2D eigenvalue weighted by molar-refractivity contribution is 5.85. The summed E-state index contributed by atoms with van der Waals surface area (Å²) in [5.74, 6) is 0.678. The molecule has 3 N–H and O–H groups in total. The first-order valence-corrected chi connectivity index (χ1v) is 8.99. The minimum Gasteiger partial charge on any atom is -0.481 e. The summed E-state index contributed by atoms with van der Waals surface area (Å²) in [7, 11) is 0. The third kappa shape index (κ3) is 4.70. The summed E-state index contributed by atoms with van der Waals surface area (Å²) in [5.41, 5.74) is 10.2. The minimum absolute atomic E-state index is 0. The Labute approximate surface area is 161 Å². The van der Waals surface area contributed by atoms with Gasteiger partial charge < -0.3 is 15.8 Å². The quantitative estimate of drug-likeness (QED) is 0.764. The van der Waals surface area contributed by atoms with Crippen LogP contribution in [0.5, 0.6) is 5.75 Å². The van der Waals surface area contributed by atoms with Crippen LogP contribution in [-0.4, -0.2) is 12.0 Å². The van der Waals surface area contributed by atoms with E-state index >= 15 is 0 Å². The second-order valence-corrected chi connectivity index (χ2v) is 6.74. The Morgan fingerprint density at radius 2 is 2.12 bits per heavy atom. The monoisotopic (exact) mass is 374 g/mol. The van der Waals surface area contributed by atoms with Crippen LogP contribution in [0.25, 0.3) is 0 Å². The summed E-state index contributed by atoms with van der Waals surface area (Å²) < 4.78 is 5.92. The number of ether oxygens (including phenoxy) is 1. The first-order chi connectivity index (χ1) is 12.1. The number of aryl methyl sites for hydroxylation is 2. The molecule has 5 heteroatoms. The SMILES string of the molecule is CCC(Oc1cccc(C)c1)C(=O)NC1CCCc2cc(N)ccc21.Cl. The predicted molar refractivity (Wildman–Crippen MR) is 108 cm³/mol. The number of nitrogen functional groups attached to an aromatic ring is 1. The summed E-state index contributed by atoms with van der Waals surface area (Å²) in [6.07, 6.45) is 3.16. The van der Waals surface area contributed by atoms with Crippen molar-refractivity contribution in [3.8, 4) is 5.75 Å². The van der Waals surface area contributed by atoms with Gasteiger partial charge in [-0.3, -0.25) is 4.79 Å². The number of carbonyl (C=O) groups excluding carboxylic acids is 1. The van der Waals surface area contributed by atoms with Crippen LogP contribution in [0.4, 0.5) is 5.69 Å². The number of nitrogens with one attached hydrogen (secondary N) is 1. The van der Waals surface area contributed by atoms with Crippen molar-refractivity contribution in [2.24, 2.45) is 0 Å². The summed E-state index contributed by atoms with van der Waals surface area (Å²) in [4.78, 5) is 12.7. The number of nitrogens with two attached hydrogens (primary N) is 1. The summed E-state index contributed by atoms with van der Waals surface area (Å²) >= 11 is 0. The summed E-state index contributed by atoms with van der Waals surface area (Å²) in [6, 6.07) is 13.8. The predicted octanol–water partition coefficient (Wildman–Crippen LogP) is 4.35. The normalized spacial score (nSPS) is 16.8. The summed E-state index contributed by atoms with van der Waals surface area (Å²) in [5, 5.41) is 3.18. The number of fused-ring (bicyclic) bond motifs is 1. The molecule has 1 aliphatic carbocycles. The van der Waals surface area contributed by atoms with Crippen molar-refractivity contribution >= 4 is 24.0 Å². The number of hydrogen-bond donors (Lipinski definition) is 2. The van der Waals surface area contributed by atoms with E-state index in [2.05, 4.69) is 5.32 Å². The lowest BCUT2D eigenvalue weighted by Crippen LogP contribution is -2.41. The zero-order valence-electron chi connectivity index (χ0n) is 15.3. The molecule has 2 aromatic carbocycles. The maximum absolute atomic E-state index is 12.7. The fourth-order valence-electron chi connectivity index (χ4n) is 3.42. The maximum atomic E-state index is 12.7. The van der Waals surface area contributed by atoms with Gasteiger partial charge in [0.25, 0.3) is 5.91 Å². The minimum atomic E-state index is -0.485. The average molecular weight is 375 g/mol. The molecular formula is C21H27ClN2O2. The molecule has 1 aliphatic rings. The van der Waals surface area contributed by atoms with E-state index in [1.807, 2.05) is 56.3 Å². The molecule has 0 radical (unpaired) electrons. The lowest BCUT2D eigenvalue weighted by atomic mass is 9.87. The van der Waals surface area contributed by atoms with E-state index in [4.69, 9.17) is 10.5 Å². The van der Waals surface area contributed by atoms with Gasteiger partial charge in [-0.25, -0.2) is 0 Å². The Hall–Kier alpha value is -2.20. The van der Waals surface area contributed by atoms with Crippen LogP contribution in [0.15, 0.2) is 42.5 Å². The van der Waals surface area contributed by atoms with E-state index in [9.17, 15) is 4.79 Å². The van der Waals surface area contributed by atoms with E-state index in [0.29, 0.717) is 6.42 Å². The summed E-state index contributed by atoms with van der Waals surface area (Å²) in [6.45, 7) is 3.98. The van der Waals surface area contributed by atoms with Gasteiger partial charge in [0, 0.05) is 5.69 Å². The smallest absolute Gasteiger partial charge is 0.261 e. The van der Waals surface area contributed by atoms with Crippen molar-refractivity contribution in [3.05, 3.63) is 59.2 Å². The molecule has 2 unspecified atom stereocenters. The van der Waals surface area contributed by atoms with Crippen molar-refractivity contribution in [3.63, 3.8) is 0 Å². The second kappa shape index (κ2) is 8.95. The van der Waals surface area contributed by atoms with Gasteiger partial charge in [0.1, 0.15) is 5.75 Å². The molecule has 26 heavy (non-hydrogen) atoms. The Kier molecular flexibility index (Phi) is 6.92. The van der Waals surface area contributed by atoms with Crippen molar-refractivity contribution in [2.45, 2.75) is 51.7 Å². The first kappa shape index (κ1) is 20.1. The molecule has 0 saturated heterocycles. The van der Waals surface area contributed by atoms with Gasteiger partial charge in [-0.2, -0.15) is 0 Å². The van der Waals surface area contributed by atoms with Crippen LogP contribution in [-0.2, 0) is 11.2 Å². The second-order valence-electron chi connectivity index (χ2n) is 6.74. The lowest BCUT2D eigenvalue weighted by Gasteiger charge is -2.28. The average Bonchev–Trinajstić information content (AvgIpc) is 2.59. The van der Waals surface area contributed by atoms with E-state index in [1.54, 1.807) is 0 Å². The van der Waals surface area contributed by atoms with Crippen LogP contribution in [0, 0.1) is 6.92 Å². The zero-order valence-corrected chi connectivity index (χ0v) is 16.1. The highest BCUT2D eigenvalue weighted by Crippen LogP contribution is 2.31. The number of amides is 1. The fourth-order valence-corrected chi connectivity index (χ4v) is 3.42. The Morgan fingerprint density at radius 1 is 1.31 bits per heavy atom. The van der Waals surface area contributed by atoms with Gasteiger partial charge in [0.2, 0.25) is 0 Å². The molecule has 0 aliphatic heterocycles. The highest BCUT2D eigenvalue weighted by Gasteiger charge is 2.26. The number of rotatable bonds is 5. The zero-order chi connectivity index (χ0) is 17.8. The number of anilines is 1. The van der Waals surface area contributed by atoms with Crippen molar-refractivity contribution < 1.29 is 9.53 Å². The Balaban J connectivity index is 0.00000243. The maximum Gasteiger partial charge on any atom is 0.261 e. The third-order valence-electron chi connectivity index (χ3n) is 4.73. The van der Waals surface area contributed by atoms with Gasteiger partial charge in [-0.1, -0.05) is 25.1 Å². The molecule has 1 amide bonds. The van der Waals surface area contributed by atoms with E-state index in [-0.39, 0.29) is 24.4 Å². The van der Waals surface area contributed by atoms with Gasteiger partial charge in [-0.15, -0.1) is 12.4 Å². The molecule has 0 bridgehead atoms. The topological polar surface area (TPSA) is 64.3 Å². The molecule has 4 nitrogen and oxygen atoms in total. The van der Waals surface area contributed by atoms with Crippen LogP contribution < -0.4 is 15.8 Å². The molecule has 3 rings (SSSR count). The largest absolute Gasteiger partial charge is 0.481 e. The first-order valence-electron chi connectivity index (χ1n) is 8.99. The number of benzene rings is 2. The number of carbonyl (C=O) groups is 1. The van der Waals surface area contributed by atoms with Crippen LogP contribution in [0.2, 0.25) is 0 Å². The van der Waals surface area contributed by atoms with Crippen LogP contribution in [0.1, 0.15) is 48.9 Å². The van der Waals surface area contributed by atoms with Crippen molar-refractivity contribution in [1.29, 1.82) is 0 Å². The molecule has 0 aromatic heterocycles. The molecule has 2 aromatic rings. The number of halogens is 1. The molecule has 0 fully saturated rings. The molecule has 0 saturated carbocycles. The van der Waals surface area contributed by atoms with Gasteiger partial charge >= 0.3 is 0 Å². The highest BCUT2D eigenvalue weighted by atomic mass is 35.5. The van der Waals surface area contributed by atoms with E-state index in [0.717, 1.165) is 36.3 Å². The third-order valence-corrected chi connectivity index (χ3v) is 4.73. The molecule has 2 atom stereocenters. The molecule has 140 valence electrons.